The Hall–Kier alpha value is -3.51. The molecule has 8 N–H and O–H groups in total. The van der Waals surface area contributed by atoms with Crippen molar-refractivity contribution in [2.24, 2.45) is 0 Å². The van der Waals surface area contributed by atoms with Crippen LogP contribution in [-0.4, -0.2) is 129 Å². The number of aliphatic hydroxyl groups excluding tert-OH is 6. The standard InChI is InChI=1S/C29H36O15/c1-12-22(33)24(35)26(37)28(42-12)41-11-20-23(34)25(36)27(38)29(44-20)43-14-9-17(32)21(19(10-14)40-3)15(30)6-4-13-5-7-18(39-2)16(31)8-13/h4-10,12,20,22-29,31-38H,11H2,1-3H3/b6-4+/t12-,20+,22-,23+,24+,25-,26+,27+,28+,29+/m0/s1. The predicted octanol–water partition coefficient (Wildman–Crippen LogP) is -0.958. The van der Waals surface area contributed by atoms with Crippen LogP contribution >= 0.6 is 0 Å². The molecule has 2 aliphatic rings. The van der Waals surface area contributed by atoms with Crippen molar-refractivity contribution in [3.8, 4) is 28.7 Å². The molecule has 0 amide bonds. The highest BCUT2D eigenvalue weighted by atomic mass is 16.7. The van der Waals surface area contributed by atoms with Gasteiger partial charge in [0.15, 0.2) is 23.6 Å². The van der Waals surface area contributed by atoms with Gasteiger partial charge in [0.25, 0.3) is 0 Å². The van der Waals surface area contributed by atoms with Crippen molar-refractivity contribution < 1.29 is 74.1 Å². The molecule has 15 nitrogen and oxygen atoms in total. The molecule has 2 aromatic rings. The maximum atomic E-state index is 12.9. The van der Waals surface area contributed by atoms with E-state index in [4.69, 9.17) is 28.4 Å². The van der Waals surface area contributed by atoms with E-state index in [1.807, 2.05) is 0 Å². The van der Waals surface area contributed by atoms with E-state index in [9.17, 15) is 45.6 Å². The van der Waals surface area contributed by atoms with Crippen LogP contribution in [0.2, 0.25) is 0 Å². The first-order valence-electron chi connectivity index (χ1n) is 13.5. The number of carbonyl (C=O) groups excluding carboxylic acids is 1. The predicted molar refractivity (Wildman–Crippen MR) is 148 cm³/mol. The summed E-state index contributed by atoms with van der Waals surface area (Å²) < 4.78 is 32.3. The fourth-order valence-electron chi connectivity index (χ4n) is 4.75. The largest absolute Gasteiger partial charge is 0.507 e. The first kappa shape index (κ1) is 33.4. The number of rotatable bonds is 10. The zero-order chi connectivity index (χ0) is 32.3. The van der Waals surface area contributed by atoms with Gasteiger partial charge in [-0.15, -0.1) is 0 Å². The van der Waals surface area contributed by atoms with Crippen molar-refractivity contribution in [2.45, 2.75) is 68.3 Å². The van der Waals surface area contributed by atoms with Crippen molar-refractivity contribution in [1.82, 2.24) is 0 Å². The van der Waals surface area contributed by atoms with Crippen LogP contribution in [0.3, 0.4) is 0 Å². The smallest absolute Gasteiger partial charge is 0.229 e. The quantitative estimate of drug-likeness (QED) is 0.117. The molecule has 2 aromatic carbocycles. The fourth-order valence-corrected chi connectivity index (χ4v) is 4.75. The lowest BCUT2D eigenvalue weighted by atomic mass is 9.98. The van der Waals surface area contributed by atoms with E-state index in [-0.39, 0.29) is 28.6 Å². The SMILES string of the molecule is COc1ccc(/C=C/C(=O)c2c(O)cc(O[C@@H]3O[C@H](CO[C@@H]4O[C@@H](C)[C@H](O)[C@@H](O)[C@H]4O)[C@@H](O)[C@H](O)[C@H]3O)cc2OC)cc1O. The highest BCUT2D eigenvalue weighted by Crippen LogP contribution is 2.36. The van der Waals surface area contributed by atoms with Crippen LogP contribution < -0.4 is 14.2 Å². The highest BCUT2D eigenvalue weighted by molar-refractivity contribution is 6.10. The van der Waals surface area contributed by atoms with Crippen LogP contribution in [0.4, 0.5) is 0 Å². The summed E-state index contributed by atoms with van der Waals surface area (Å²) in [6.07, 6.45) is -12.4. The molecule has 2 saturated heterocycles. The lowest BCUT2D eigenvalue weighted by molar-refractivity contribution is -0.318. The Kier molecular flexibility index (Phi) is 10.7. The molecular formula is C29H36O15. The molecule has 242 valence electrons. The van der Waals surface area contributed by atoms with Gasteiger partial charge in [-0.3, -0.25) is 4.79 Å². The maximum Gasteiger partial charge on any atom is 0.229 e. The molecular weight excluding hydrogens is 588 g/mol. The number of ether oxygens (including phenoxy) is 6. The number of ketones is 1. The molecule has 15 heteroatoms. The number of hydrogen-bond donors (Lipinski definition) is 8. The number of aliphatic hydroxyl groups is 6. The van der Waals surface area contributed by atoms with E-state index in [1.165, 1.54) is 45.4 Å². The Bertz CT molecular complexity index is 1330. The summed E-state index contributed by atoms with van der Waals surface area (Å²) in [6, 6.07) is 6.80. The van der Waals surface area contributed by atoms with Gasteiger partial charge in [0.1, 0.15) is 65.5 Å². The van der Waals surface area contributed by atoms with E-state index >= 15 is 0 Å². The fraction of sp³-hybridized carbons (Fsp3) is 0.483. The number of allylic oxidation sites excluding steroid dienone is 1. The Morgan fingerprint density at radius 1 is 0.795 bits per heavy atom. The Morgan fingerprint density at radius 2 is 1.45 bits per heavy atom. The first-order chi connectivity index (χ1) is 20.9. The van der Waals surface area contributed by atoms with Crippen LogP contribution in [0.15, 0.2) is 36.4 Å². The Balaban J connectivity index is 1.46. The molecule has 0 spiro atoms. The molecule has 2 aliphatic heterocycles. The van der Waals surface area contributed by atoms with Gasteiger partial charge in [-0.1, -0.05) is 12.1 Å². The zero-order valence-corrected chi connectivity index (χ0v) is 24.0. The Morgan fingerprint density at radius 3 is 2.11 bits per heavy atom. The van der Waals surface area contributed by atoms with Crippen LogP contribution in [0.25, 0.3) is 6.08 Å². The molecule has 10 atom stereocenters. The molecule has 4 rings (SSSR count). The normalized spacial score (nSPS) is 32.4. The van der Waals surface area contributed by atoms with Gasteiger partial charge in [0.2, 0.25) is 6.29 Å². The van der Waals surface area contributed by atoms with Crippen molar-refractivity contribution in [3.63, 3.8) is 0 Å². The third-order valence-electron chi connectivity index (χ3n) is 7.31. The van der Waals surface area contributed by atoms with Crippen molar-refractivity contribution in [1.29, 1.82) is 0 Å². The van der Waals surface area contributed by atoms with Gasteiger partial charge in [-0.2, -0.15) is 0 Å². The third kappa shape index (κ3) is 7.07. The third-order valence-corrected chi connectivity index (χ3v) is 7.31. The van der Waals surface area contributed by atoms with Gasteiger partial charge < -0.3 is 69.3 Å². The summed E-state index contributed by atoms with van der Waals surface area (Å²) in [5.74, 6) is -1.31. The van der Waals surface area contributed by atoms with E-state index in [0.717, 1.165) is 12.1 Å². The minimum atomic E-state index is -1.77. The van der Waals surface area contributed by atoms with Crippen LogP contribution in [0.5, 0.6) is 28.7 Å². The van der Waals surface area contributed by atoms with Gasteiger partial charge in [-0.05, 0) is 30.7 Å². The molecule has 0 radical (unpaired) electrons. The Labute approximate surface area is 251 Å². The number of hydrogen-bond acceptors (Lipinski definition) is 15. The number of methoxy groups -OCH3 is 2. The summed E-state index contributed by atoms with van der Waals surface area (Å²) in [4.78, 5) is 12.9. The number of benzene rings is 2. The number of phenolic OH excluding ortho intramolecular Hbond substituents is 2. The van der Waals surface area contributed by atoms with Crippen molar-refractivity contribution in [2.75, 3.05) is 20.8 Å². The summed E-state index contributed by atoms with van der Waals surface area (Å²) in [5, 5.41) is 82.0. The van der Waals surface area contributed by atoms with Gasteiger partial charge in [-0.25, -0.2) is 0 Å². The molecule has 0 saturated carbocycles. The number of carbonyl (C=O) groups is 1. The second kappa shape index (κ2) is 14.1. The molecule has 2 fully saturated rings. The molecule has 44 heavy (non-hydrogen) atoms. The van der Waals surface area contributed by atoms with Crippen LogP contribution in [0, 0.1) is 0 Å². The maximum absolute atomic E-state index is 12.9. The minimum absolute atomic E-state index is 0.101. The van der Waals surface area contributed by atoms with E-state index in [1.54, 1.807) is 6.07 Å². The molecule has 0 bridgehead atoms. The zero-order valence-electron chi connectivity index (χ0n) is 24.0. The minimum Gasteiger partial charge on any atom is -0.507 e. The lowest BCUT2D eigenvalue weighted by Gasteiger charge is -2.42. The average Bonchev–Trinajstić information content (AvgIpc) is 3.00. The lowest BCUT2D eigenvalue weighted by Crippen LogP contribution is -2.61. The van der Waals surface area contributed by atoms with Gasteiger partial charge in [0, 0.05) is 12.1 Å². The summed E-state index contributed by atoms with van der Waals surface area (Å²) in [6.45, 7) is 0.958. The molecule has 0 unspecified atom stereocenters. The molecule has 0 aromatic heterocycles. The van der Waals surface area contributed by atoms with Crippen molar-refractivity contribution in [3.05, 3.63) is 47.5 Å². The number of phenols is 2. The second-order valence-electron chi connectivity index (χ2n) is 10.3. The van der Waals surface area contributed by atoms with E-state index in [0.29, 0.717) is 5.56 Å². The highest BCUT2D eigenvalue weighted by Gasteiger charge is 2.47. The van der Waals surface area contributed by atoms with E-state index in [2.05, 4.69) is 0 Å². The van der Waals surface area contributed by atoms with Crippen LogP contribution in [-0.2, 0) is 14.2 Å². The second-order valence-corrected chi connectivity index (χ2v) is 10.3. The monoisotopic (exact) mass is 624 g/mol. The summed E-state index contributed by atoms with van der Waals surface area (Å²) in [5.41, 5.74) is 0.263. The summed E-state index contributed by atoms with van der Waals surface area (Å²) >= 11 is 0. The molecule has 0 aliphatic carbocycles. The topological polar surface area (TPSA) is 234 Å². The van der Waals surface area contributed by atoms with E-state index < -0.39 is 79.6 Å². The first-order valence-corrected chi connectivity index (χ1v) is 13.5. The van der Waals surface area contributed by atoms with Gasteiger partial charge in [0.05, 0.1) is 26.9 Å². The van der Waals surface area contributed by atoms with Gasteiger partial charge >= 0.3 is 0 Å². The van der Waals surface area contributed by atoms with Crippen molar-refractivity contribution >= 4 is 11.9 Å². The number of aromatic hydroxyl groups is 2. The van der Waals surface area contributed by atoms with Crippen LogP contribution in [0.1, 0.15) is 22.8 Å². The summed E-state index contributed by atoms with van der Waals surface area (Å²) in [7, 11) is 2.65. The average molecular weight is 625 g/mol. The molecule has 2 heterocycles.